The van der Waals surface area contributed by atoms with Crippen LogP contribution >= 0.6 is 0 Å². The molecule has 0 unspecified atom stereocenters. The van der Waals surface area contributed by atoms with Gasteiger partial charge in [0.2, 0.25) is 0 Å². The van der Waals surface area contributed by atoms with Crippen molar-refractivity contribution in [2.24, 2.45) is 5.41 Å². The highest BCUT2D eigenvalue weighted by Gasteiger charge is 2.09. The van der Waals surface area contributed by atoms with Crippen LogP contribution in [0.15, 0.2) is 0 Å². The van der Waals surface area contributed by atoms with E-state index in [4.69, 9.17) is 0 Å². The topological polar surface area (TPSA) is 15.3 Å². The van der Waals surface area contributed by atoms with Crippen molar-refractivity contribution < 1.29 is 0 Å². The quantitative estimate of drug-likeness (QED) is 0.634. The summed E-state index contributed by atoms with van der Waals surface area (Å²) in [5.74, 6) is 0. The number of unbranched alkanes of at least 4 members (excludes halogenated alkanes) is 6. The molecule has 0 bridgehead atoms. The number of piperazine rings is 1. The van der Waals surface area contributed by atoms with E-state index in [9.17, 15) is 0 Å². The van der Waals surface area contributed by atoms with Crippen molar-refractivity contribution in [1.29, 1.82) is 0 Å². The van der Waals surface area contributed by atoms with Gasteiger partial charge in [-0.25, -0.2) is 0 Å². The molecule has 0 aromatic heterocycles. The second kappa shape index (κ2) is 9.77. The van der Waals surface area contributed by atoms with Crippen molar-refractivity contribution in [3.63, 3.8) is 0 Å². The van der Waals surface area contributed by atoms with Crippen LogP contribution in [-0.2, 0) is 0 Å². The molecule has 1 heterocycles. The van der Waals surface area contributed by atoms with Gasteiger partial charge >= 0.3 is 0 Å². The van der Waals surface area contributed by atoms with Gasteiger partial charge in [-0.05, 0) is 24.8 Å². The largest absolute Gasteiger partial charge is 0.314 e. The lowest BCUT2D eigenvalue weighted by Gasteiger charge is -2.27. The molecule has 2 nitrogen and oxygen atoms in total. The molecule has 19 heavy (non-hydrogen) atoms. The summed E-state index contributed by atoms with van der Waals surface area (Å²) in [6, 6.07) is 0. The second-order valence-electron chi connectivity index (χ2n) is 7.38. The molecule has 2 heteroatoms. The predicted molar refractivity (Wildman–Crippen MR) is 85.7 cm³/mol. The summed E-state index contributed by atoms with van der Waals surface area (Å²) in [6.45, 7) is 13.3. The number of nitrogens with zero attached hydrogens (tertiary/aromatic N) is 1. The van der Waals surface area contributed by atoms with E-state index >= 15 is 0 Å². The summed E-state index contributed by atoms with van der Waals surface area (Å²) < 4.78 is 0. The zero-order valence-electron chi connectivity index (χ0n) is 13.6. The van der Waals surface area contributed by atoms with Crippen LogP contribution in [-0.4, -0.2) is 37.6 Å². The highest BCUT2D eigenvalue weighted by atomic mass is 15.2. The maximum absolute atomic E-state index is 3.41. The fraction of sp³-hybridized carbons (Fsp3) is 1.00. The molecule has 0 amide bonds. The first-order valence-corrected chi connectivity index (χ1v) is 8.51. The second-order valence-corrected chi connectivity index (χ2v) is 7.38. The summed E-state index contributed by atoms with van der Waals surface area (Å²) in [6.07, 6.45) is 11.4. The van der Waals surface area contributed by atoms with E-state index in [0.717, 1.165) is 0 Å². The fourth-order valence-electron chi connectivity index (χ4n) is 2.81. The molecule has 114 valence electrons. The van der Waals surface area contributed by atoms with Gasteiger partial charge in [0.15, 0.2) is 0 Å². The van der Waals surface area contributed by atoms with Gasteiger partial charge in [0, 0.05) is 26.2 Å². The van der Waals surface area contributed by atoms with Gasteiger partial charge in [-0.1, -0.05) is 59.3 Å². The Morgan fingerprint density at radius 2 is 1.32 bits per heavy atom. The highest BCUT2D eigenvalue weighted by molar-refractivity contribution is 4.67. The first-order valence-electron chi connectivity index (χ1n) is 8.51. The van der Waals surface area contributed by atoms with Gasteiger partial charge in [-0.15, -0.1) is 0 Å². The smallest absolute Gasteiger partial charge is 0.0107 e. The third-order valence-corrected chi connectivity index (χ3v) is 4.11. The van der Waals surface area contributed by atoms with Crippen molar-refractivity contribution >= 4 is 0 Å². The summed E-state index contributed by atoms with van der Waals surface area (Å²) in [4.78, 5) is 2.61. The average Bonchev–Trinajstić information content (AvgIpc) is 2.37. The van der Waals surface area contributed by atoms with Gasteiger partial charge in [0.25, 0.3) is 0 Å². The summed E-state index contributed by atoms with van der Waals surface area (Å²) in [5.41, 5.74) is 0.531. The van der Waals surface area contributed by atoms with Gasteiger partial charge in [0.05, 0.1) is 0 Å². The Hall–Kier alpha value is -0.0800. The molecule has 0 aromatic rings. The third-order valence-electron chi connectivity index (χ3n) is 4.11. The van der Waals surface area contributed by atoms with Gasteiger partial charge in [-0.3, -0.25) is 0 Å². The molecular weight excluding hydrogens is 232 g/mol. The summed E-state index contributed by atoms with van der Waals surface area (Å²) in [5, 5.41) is 3.41. The third kappa shape index (κ3) is 10.4. The van der Waals surface area contributed by atoms with Crippen molar-refractivity contribution in [3.8, 4) is 0 Å². The zero-order chi connectivity index (χ0) is 14.0. The lowest BCUT2D eigenvalue weighted by atomic mass is 9.89. The van der Waals surface area contributed by atoms with Crippen LogP contribution < -0.4 is 5.32 Å². The van der Waals surface area contributed by atoms with Crippen LogP contribution in [0, 0.1) is 5.41 Å². The van der Waals surface area contributed by atoms with Crippen LogP contribution in [0.25, 0.3) is 0 Å². The summed E-state index contributed by atoms with van der Waals surface area (Å²) in [7, 11) is 0. The van der Waals surface area contributed by atoms with Gasteiger partial charge in [-0.2, -0.15) is 0 Å². The average molecular weight is 268 g/mol. The maximum atomic E-state index is 3.41. The standard InChI is InChI=1S/C17H36N2/c1-17(2,3)11-9-7-5-4-6-8-10-14-19-15-12-18-13-16-19/h18H,4-16H2,1-3H3. The molecule has 0 atom stereocenters. The van der Waals surface area contributed by atoms with Crippen molar-refractivity contribution in [2.75, 3.05) is 32.7 Å². The maximum Gasteiger partial charge on any atom is 0.0107 e. The lowest BCUT2D eigenvalue weighted by molar-refractivity contribution is 0.236. The van der Waals surface area contributed by atoms with Crippen LogP contribution in [0.5, 0.6) is 0 Å². The molecule has 0 aliphatic carbocycles. The molecule has 1 aliphatic heterocycles. The molecule has 0 aromatic carbocycles. The SMILES string of the molecule is CC(C)(C)CCCCCCCCCN1CCNCC1. The van der Waals surface area contributed by atoms with Crippen molar-refractivity contribution in [3.05, 3.63) is 0 Å². The number of nitrogens with one attached hydrogen (secondary N) is 1. The Balaban J connectivity index is 1.78. The van der Waals surface area contributed by atoms with E-state index < -0.39 is 0 Å². The monoisotopic (exact) mass is 268 g/mol. The molecule has 0 spiro atoms. The molecule has 1 N–H and O–H groups in total. The Bertz CT molecular complexity index is 202. The molecule has 1 rings (SSSR count). The Labute approximate surface area is 121 Å². The molecule has 0 radical (unpaired) electrons. The molecule has 1 aliphatic rings. The van der Waals surface area contributed by atoms with Crippen molar-refractivity contribution in [2.45, 2.75) is 72.1 Å². The van der Waals surface area contributed by atoms with E-state index in [-0.39, 0.29) is 0 Å². The Morgan fingerprint density at radius 3 is 1.89 bits per heavy atom. The van der Waals surface area contributed by atoms with Crippen LogP contribution in [0.1, 0.15) is 72.1 Å². The minimum absolute atomic E-state index is 0.531. The van der Waals surface area contributed by atoms with E-state index in [0.29, 0.717) is 5.41 Å². The Kier molecular flexibility index (Phi) is 8.72. The molecule has 0 saturated carbocycles. The number of hydrogen-bond donors (Lipinski definition) is 1. The molecule has 1 fully saturated rings. The van der Waals surface area contributed by atoms with Crippen LogP contribution in [0.4, 0.5) is 0 Å². The van der Waals surface area contributed by atoms with E-state index in [2.05, 4.69) is 31.0 Å². The highest BCUT2D eigenvalue weighted by Crippen LogP contribution is 2.22. The molecule has 1 saturated heterocycles. The zero-order valence-corrected chi connectivity index (χ0v) is 13.6. The Morgan fingerprint density at radius 1 is 0.789 bits per heavy atom. The van der Waals surface area contributed by atoms with E-state index in [1.54, 1.807) is 0 Å². The number of hydrogen-bond acceptors (Lipinski definition) is 2. The normalized spacial score (nSPS) is 17.8. The van der Waals surface area contributed by atoms with E-state index in [1.807, 2.05) is 0 Å². The molecular formula is C17H36N2. The van der Waals surface area contributed by atoms with Crippen LogP contribution in [0.3, 0.4) is 0 Å². The minimum Gasteiger partial charge on any atom is -0.314 e. The predicted octanol–water partition coefficient (Wildman–Crippen LogP) is 4.06. The van der Waals surface area contributed by atoms with E-state index in [1.165, 1.54) is 84.1 Å². The van der Waals surface area contributed by atoms with Crippen molar-refractivity contribution in [1.82, 2.24) is 10.2 Å². The number of rotatable bonds is 9. The minimum atomic E-state index is 0.531. The van der Waals surface area contributed by atoms with Gasteiger partial charge < -0.3 is 10.2 Å². The first-order chi connectivity index (χ1) is 9.08. The first kappa shape index (κ1) is 17.0. The van der Waals surface area contributed by atoms with Gasteiger partial charge in [0.1, 0.15) is 0 Å². The van der Waals surface area contributed by atoms with Crippen LogP contribution in [0.2, 0.25) is 0 Å². The lowest BCUT2D eigenvalue weighted by Crippen LogP contribution is -2.43. The summed E-state index contributed by atoms with van der Waals surface area (Å²) >= 11 is 0. The fourth-order valence-corrected chi connectivity index (χ4v) is 2.81.